The Labute approximate surface area is 127 Å². The molecular formula is C19H24O2. The van der Waals surface area contributed by atoms with Gasteiger partial charge in [0.2, 0.25) is 0 Å². The summed E-state index contributed by atoms with van der Waals surface area (Å²) in [6.45, 7) is 5.29. The number of hydrogen-bond donors (Lipinski definition) is 0. The van der Waals surface area contributed by atoms with Gasteiger partial charge < -0.3 is 9.47 Å². The molecule has 0 aliphatic carbocycles. The van der Waals surface area contributed by atoms with Crippen molar-refractivity contribution in [3.8, 4) is 0 Å². The summed E-state index contributed by atoms with van der Waals surface area (Å²) in [6, 6.07) is 20.7. The van der Waals surface area contributed by atoms with Gasteiger partial charge in [-0.15, -0.1) is 0 Å². The van der Waals surface area contributed by atoms with Crippen molar-refractivity contribution in [3.63, 3.8) is 0 Å². The lowest BCUT2D eigenvalue weighted by atomic mass is 10.2. The fourth-order valence-corrected chi connectivity index (χ4v) is 2.16. The van der Waals surface area contributed by atoms with E-state index in [1.54, 1.807) is 0 Å². The predicted molar refractivity (Wildman–Crippen MR) is 86.3 cm³/mol. The first kappa shape index (κ1) is 15.7. The molecule has 2 aromatic rings. The van der Waals surface area contributed by atoms with Crippen LogP contribution < -0.4 is 0 Å². The molecular weight excluding hydrogens is 260 g/mol. The molecule has 0 unspecified atom stereocenters. The van der Waals surface area contributed by atoms with Crippen LogP contribution in [0.3, 0.4) is 0 Å². The van der Waals surface area contributed by atoms with Gasteiger partial charge in [-0.25, -0.2) is 0 Å². The Bertz CT molecular complexity index is 458. The van der Waals surface area contributed by atoms with Crippen molar-refractivity contribution in [3.05, 3.63) is 71.8 Å². The Kier molecular flexibility index (Phi) is 5.97. The van der Waals surface area contributed by atoms with E-state index in [0.717, 1.165) is 12.8 Å². The second-order valence-electron chi connectivity index (χ2n) is 5.57. The lowest BCUT2D eigenvalue weighted by Gasteiger charge is -2.26. The van der Waals surface area contributed by atoms with Gasteiger partial charge in [-0.05, 0) is 37.8 Å². The van der Waals surface area contributed by atoms with Gasteiger partial charge >= 0.3 is 0 Å². The molecule has 0 heterocycles. The van der Waals surface area contributed by atoms with Crippen molar-refractivity contribution >= 4 is 0 Å². The van der Waals surface area contributed by atoms with Crippen LogP contribution in [0.4, 0.5) is 0 Å². The van der Waals surface area contributed by atoms with Crippen LogP contribution in [0.1, 0.15) is 25.0 Å². The molecule has 2 heteroatoms. The molecule has 0 N–H and O–H groups in total. The maximum Gasteiger partial charge on any atom is 0.162 e. The lowest BCUT2D eigenvalue weighted by molar-refractivity contribution is -0.212. The van der Waals surface area contributed by atoms with Crippen molar-refractivity contribution in [1.29, 1.82) is 0 Å². The molecule has 112 valence electrons. The quantitative estimate of drug-likeness (QED) is 0.675. The predicted octanol–water partition coefficient (Wildman–Crippen LogP) is 4.24. The molecule has 2 aromatic carbocycles. The zero-order valence-electron chi connectivity index (χ0n) is 12.9. The molecule has 0 amide bonds. The molecule has 0 bridgehead atoms. The molecule has 0 radical (unpaired) electrons. The fraction of sp³-hybridized carbons (Fsp3) is 0.368. The van der Waals surface area contributed by atoms with Gasteiger partial charge in [0.05, 0.1) is 13.2 Å². The summed E-state index contributed by atoms with van der Waals surface area (Å²) >= 11 is 0. The van der Waals surface area contributed by atoms with E-state index < -0.39 is 5.79 Å². The first-order chi connectivity index (χ1) is 10.2. The molecule has 0 aliphatic rings. The molecule has 0 spiro atoms. The summed E-state index contributed by atoms with van der Waals surface area (Å²) in [5, 5.41) is 0. The third-order valence-electron chi connectivity index (χ3n) is 3.37. The van der Waals surface area contributed by atoms with E-state index in [1.165, 1.54) is 11.1 Å². The Hall–Kier alpha value is -1.64. The Morgan fingerprint density at radius 2 is 1.05 bits per heavy atom. The molecule has 2 rings (SSSR count). The molecule has 0 aliphatic heterocycles. The largest absolute Gasteiger partial charge is 0.350 e. The molecule has 2 nitrogen and oxygen atoms in total. The minimum atomic E-state index is -0.538. The van der Waals surface area contributed by atoms with E-state index in [1.807, 2.05) is 26.0 Å². The highest BCUT2D eigenvalue weighted by Gasteiger charge is 2.18. The molecule has 0 fully saturated rings. The smallest absolute Gasteiger partial charge is 0.162 e. The van der Waals surface area contributed by atoms with Crippen LogP contribution in [-0.2, 0) is 22.3 Å². The van der Waals surface area contributed by atoms with E-state index in [2.05, 4.69) is 48.5 Å². The van der Waals surface area contributed by atoms with E-state index in [0.29, 0.717) is 13.2 Å². The summed E-state index contributed by atoms with van der Waals surface area (Å²) in [4.78, 5) is 0. The van der Waals surface area contributed by atoms with Crippen LogP contribution in [0.25, 0.3) is 0 Å². The van der Waals surface area contributed by atoms with Crippen LogP contribution in [0.15, 0.2) is 60.7 Å². The third-order valence-corrected chi connectivity index (χ3v) is 3.37. The third kappa shape index (κ3) is 6.11. The normalized spacial score (nSPS) is 11.5. The van der Waals surface area contributed by atoms with Crippen molar-refractivity contribution in [1.82, 2.24) is 0 Å². The summed E-state index contributed by atoms with van der Waals surface area (Å²) in [7, 11) is 0. The summed E-state index contributed by atoms with van der Waals surface area (Å²) in [5.74, 6) is -0.538. The minimum Gasteiger partial charge on any atom is -0.350 e. The summed E-state index contributed by atoms with van der Waals surface area (Å²) in [5.41, 5.74) is 2.58. The number of ether oxygens (including phenoxy) is 2. The first-order valence-corrected chi connectivity index (χ1v) is 7.51. The Morgan fingerprint density at radius 1 is 0.667 bits per heavy atom. The highest BCUT2D eigenvalue weighted by atomic mass is 16.7. The fourth-order valence-electron chi connectivity index (χ4n) is 2.16. The Morgan fingerprint density at radius 3 is 1.43 bits per heavy atom. The number of rotatable bonds is 8. The van der Waals surface area contributed by atoms with Gasteiger partial charge in [-0.1, -0.05) is 60.7 Å². The highest BCUT2D eigenvalue weighted by molar-refractivity contribution is 5.15. The average molecular weight is 284 g/mol. The van der Waals surface area contributed by atoms with Gasteiger partial charge in [-0.3, -0.25) is 0 Å². The zero-order valence-corrected chi connectivity index (χ0v) is 12.9. The molecule has 0 saturated heterocycles. The maximum atomic E-state index is 5.85. The van der Waals surface area contributed by atoms with Crippen molar-refractivity contribution in [2.75, 3.05) is 13.2 Å². The molecule has 0 aromatic heterocycles. The topological polar surface area (TPSA) is 18.5 Å². The number of hydrogen-bond acceptors (Lipinski definition) is 2. The van der Waals surface area contributed by atoms with Gasteiger partial charge in [0.25, 0.3) is 0 Å². The maximum absolute atomic E-state index is 5.85. The Balaban J connectivity index is 1.67. The van der Waals surface area contributed by atoms with Crippen LogP contribution in [0.2, 0.25) is 0 Å². The van der Waals surface area contributed by atoms with Gasteiger partial charge in [0.15, 0.2) is 5.79 Å². The van der Waals surface area contributed by atoms with E-state index in [4.69, 9.17) is 9.47 Å². The summed E-state index contributed by atoms with van der Waals surface area (Å²) in [6.07, 6.45) is 1.82. The lowest BCUT2D eigenvalue weighted by Crippen LogP contribution is -2.30. The van der Waals surface area contributed by atoms with Crippen molar-refractivity contribution < 1.29 is 9.47 Å². The van der Waals surface area contributed by atoms with Crippen LogP contribution in [0.5, 0.6) is 0 Å². The summed E-state index contributed by atoms with van der Waals surface area (Å²) < 4.78 is 11.7. The van der Waals surface area contributed by atoms with E-state index >= 15 is 0 Å². The van der Waals surface area contributed by atoms with Crippen LogP contribution in [-0.4, -0.2) is 19.0 Å². The van der Waals surface area contributed by atoms with Crippen molar-refractivity contribution in [2.45, 2.75) is 32.5 Å². The average Bonchev–Trinajstić information content (AvgIpc) is 2.49. The monoisotopic (exact) mass is 284 g/mol. The molecule has 0 atom stereocenters. The standard InChI is InChI=1S/C19H24O2/c1-19(2,20-15-13-17-9-5-3-6-10-17)21-16-14-18-11-7-4-8-12-18/h3-12H,13-16H2,1-2H3. The van der Waals surface area contributed by atoms with E-state index in [9.17, 15) is 0 Å². The van der Waals surface area contributed by atoms with E-state index in [-0.39, 0.29) is 0 Å². The highest BCUT2D eigenvalue weighted by Crippen LogP contribution is 2.13. The second kappa shape index (κ2) is 7.96. The first-order valence-electron chi connectivity index (χ1n) is 7.51. The van der Waals surface area contributed by atoms with Crippen LogP contribution >= 0.6 is 0 Å². The van der Waals surface area contributed by atoms with Crippen LogP contribution in [0, 0.1) is 0 Å². The second-order valence-corrected chi connectivity index (χ2v) is 5.57. The zero-order chi connectivity index (χ0) is 15.0. The number of benzene rings is 2. The van der Waals surface area contributed by atoms with Crippen molar-refractivity contribution in [2.24, 2.45) is 0 Å². The van der Waals surface area contributed by atoms with Gasteiger partial charge in [0, 0.05) is 0 Å². The SMILES string of the molecule is CC(C)(OCCc1ccccc1)OCCc1ccccc1. The molecule has 0 saturated carbocycles. The van der Waals surface area contributed by atoms with Gasteiger partial charge in [0.1, 0.15) is 0 Å². The van der Waals surface area contributed by atoms with Gasteiger partial charge in [-0.2, -0.15) is 0 Å². The minimum absolute atomic E-state index is 0.538. The molecule has 21 heavy (non-hydrogen) atoms.